The van der Waals surface area contributed by atoms with Crippen LogP contribution in [0.1, 0.15) is 43.7 Å². The zero-order chi connectivity index (χ0) is 29.6. The van der Waals surface area contributed by atoms with Gasteiger partial charge in [0.1, 0.15) is 11.9 Å². The highest BCUT2D eigenvalue weighted by molar-refractivity contribution is 6.08. The monoisotopic (exact) mass is 558 g/mol. The predicted octanol–water partition coefficient (Wildman–Crippen LogP) is 3.84. The zero-order valence-corrected chi connectivity index (χ0v) is 24.0. The maximum absolute atomic E-state index is 13.7. The van der Waals surface area contributed by atoms with Crippen LogP contribution >= 0.6 is 0 Å². The highest BCUT2D eigenvalue weighted by Crippen LogP contribution is 2.24. The molecule has 3 aromatic rings. The van der Waals surface area contributed by atoms with Crippen LogP contribution in [0.5, 0.6) is 0 Å². The van der Waals surface area contributed by atoms with Crippen LogP contribution in [-0.4, -0.2) is 73.2 Å². The van der Waals surface area contributed by atoms with Crippen molar-refractivity contribution in [3.63, 3.8) is 0 Å². The summed E-state index contributed by atoms with van der Waals surface area (Å²) in [6, 6.07) is 23.2. The van der Waals surface area contributed by atoms with E-state index in [0.717, 1.165) is 55.1 Å². The van der Waals surface area contributed by atoms with Crippen LogP contribution in [0.3, 0.4) is 0 Å². The molecule has 2 saturated heterocycles. The van der Waals surface area contributed by atoms with E-state index < -0.39 is 0 Å². The van der Waals surface area contributed by atoms with Gasteiger partial charge in [0.15, 0.2) is 5.84 Å². The molecule has 0 saturated carbocycles. The average molecular weight is 559 g/mol. The zero-order valence-electron chi connectivity index (χ0n) is 24.0. The Morgan fingerprint density at radius 3 is 2.33 bits per heavy atom. The molecule has 1 amide bonds. The number of amidine groups is 2. The quantitative estimate of drug-likeness (QED) is 0.362. The van der Waals surface area contributed by atoms with Crippen molar-refractivity contribution < 1.29 is 4.79 Å². The molecule has 0 aliphatic carbocycles. The topological polar surface area (TPSA) is 123 Å². The van der Waals surface area contributed by atoms with Gasteiger partial charge in [0.2, 0.25) is 0 Å². The highest BCUT2D eigenvalue weighted by atomic mass is 16.2. The van der Waals surface area contributed by atoms with Crippen molar-refractivity contribution >= 4 is 23.3 Å². The van der Waals surface area contributed by atoms with Crippen molar-refractivity contribution in [2.24, 2.45) is 4.99 Å². The summed E-state index contributed by atoms with van der Waals surface area (Å²) in [6.45, 7) is 9.58. The molecule has 0 spiro atoms. The third-order valence-electron chi connectivity index (χ3n) is 7.93. The molecule has 2 aliphatic heterocycles. The number of aryl methyl sites for hydroxylation is 2. The fraction of sp³-hybridized carbons (Fsp3) is 0.303. The molecular formula is C33H34N8O. The predicted molar refractivity (Wildman–Crippen MR) is 164 cm³/mol. The van der Waals surface area contributed by atoms with Crippen LogP contribution in [0, 0.1) is 41.9 Å². The number of nitrogens with one attached hydrogen (secondary N) is 2. The molecular weight excluding hydrogens is 524 g/mol. The van der Waals surface area contributed by atoms with E-state index in [4.69, 9.17) is 5.41 Å². The summed E-state index contributed by atoms with van der Waals surface area (Å²) in [7, 11) is 0. The summed E-state index contributed by atoms with van der Waals surface area (Å²) in [5, 5.41) is 30.5. The van der Waals surface area contributed by atoms with Gasteiger partial charge in [-0.1, -0.05) is 30.3 Å². The molecule has 5 rings (SSSR count). The molecule has 2 aliphatic rings. The van der Waals surface area contributed by atoms with Gasteiger partial charge in [0, 0.05) is 56.9 Å². The van der Waals surface area contributed by atoms with Crippen molar-refractivity contribution in [2.45, 2.75) is 20.4 Å². The molecule has 2 N–H and O–H groups in total. The van der Waals surface area contributed by atoms with Gasteiger partial charge in [0.05, 0.1) is 29.4 Å². The summed E-state index contributed by atoms with van der Waals surface area (Å²) in [6.07, 6.45) is 0. The summed E-state index contributed by atoms with van der Waals surface area (Å²) in [5.41, 5.74) is 6.46. The third kappa shape index (κ3) is 6.17. The number of anilines is 1. The summed E-state index contributed by atoms with van der Waals surface area (Å²) >= 11 is 0. The van der Waals surface area contributed by atoms with Crippen molar-refractivity contribution in [2.75, 3.05) is 50.7 Å². The molecule has 9 heteroatoms. The Balaban J connectivity index is 1.27. The van der Waals surface area contributed by atoms with E-state index in [1.807, 2.05) is 37.3 Å². The molecule has 0 bridgehead atoms. The van der Waals surface area contributed by atoms with Gasteiger partial charge in [-0.2, -0.15) is 10.5 Å². The molecule has 0 unspecified atom stereocenters. The number of nitriles is 2. The number of rotatable bonds is 5. The number of hydrogen-bond acceptors (Lipinski definition) is 6. The first kappa shape index (κ1) is 28.5. The maximum Gasteiger partial charge on any atom is 0.254 e. The lowest BCUT2D eigenvalue weighted by Crippen LogP contribution is -2.50. The van der Waals surface area contributed by atoms with Gasteiger partial charge in [-0.15, -0.1) is 0 Å². The minimum atomic E-state index is -0.0511. The smallest absolute Gasteiger partial charge is 0.254 e. The number of para-hydroxylation sites is 1. The van der Waals surface area contributed by atoms with E-state index >= 15 is 0 Å². The fourth-order valence-electron chi connectivity index (χ4n) is 5.58. The Kier molecular flexibility index (Phi) is 8.61. The Labute approximate surface area is 246 Å². The van der Waals surface area contributed by atoms with Crippen LogP contribution < -0.4 is 10.2 Å². The number of carbonyl (C=O) groups is 1. The van der Waals surface area contributed by atoms with E-state index in [9.17, 15) is 15.3 Å². The molecule has 0 aromatic heterocycles. The second kappa shape index (κ2) is 12.7. The van der Waals surface area contributed by atoms with Gasteiger partial charge < -0.3 is 15.1 Å². The van der Waals surface area contributed by atoms with E-state index in [2.05, 4.69) is 45.2 Å². The lowest BCUT2D eigenvalue weighted by molar-refractivity contribution is 0.0771. The SMILES string of the molecule is Cc1cc(C)c(C(=O)N2CCN/C(=N\C(=N)c3ccccc3C#N)C2)cc1CN1CCN(c2ccccc2C#N)CC1. The fourth-order valence-corrected chi connectivity index (χ4v) is 5.58. The normalized spacial score (nSPS) is 16.4. The molecule has 9 nitrogen and oxygen atoms in total. The Morgan fingerprint density at radius 2 is 1.60 bits per heavy atom. The minimum Gasteiger partial charge on any atom is -0.370 e. The number of carbonyl (C=O) groups excluding carboxylic acids is 1. The van der Waals surface area contributed by atoms with Crippen molar-refractivity contribution in [3.8, 4) is 12.1 Å². The van der Waals surface area contributed by atoms with Gasteiger partial charge in [-0.05, 0) is 60.9 Å². The van der Waals surface area contributed by atoms with Crippen LogP contribution in [-0.2, 0) is 6.54 Å². The Hall–Kier alpha value is -4.99. The molecule has 3 aromatic carbocycles. The summed E-state index contributed by atoms with van der Waals surface area (Å²) in [4.78, 5) is 24.6. The van der Waals surface area contributed by atoms with Gasteiger partial charge >= 0.3 is 0 Å². The molecule has 0 radical (unpaired) electrons. The third-order valence-corrected chi connectivity index (χ3v) is 7.93. The minimum absolute atomic E-state index is 0.00559. The highest BCUT2D eigenvalue weighted by Gasteiger charge is 2.25. The van der Waals surface area contributed by atoms with E-state index in [-0.39, 0.29) is 18.3 Å². The van der Waals surface area contributed by atoms with Gasteiger partial charge in [-0.25, -0.2) is 4.99 Å². The van der Waals surface area contributed by atoms with Crippen molar-refractivity contribution in [1.29, 1.82) is 15.9 Å². The molecule has 212 valence electrons. The van der Waals surface area contributed by atoms with E-state index in [0.29, 0.717) is 41.2 Å². The summed E-state index contributed by atoms with van der Waals surface area (Å²) < 4.78 is 0. The van der Waals surface area contributed by atoms with Crippen LogP contribution in [0.15, 0.2) is 65.7 Å². The average Bonchev–Trinajstić information content (AvgIpc) is 3.02. The second-order valence-electron chi connectivity index (χ2n) is 10.7. The largest absolute Gasteiger partial charge is 0.370 e. The molecule has 42 heavy (non-hydrogen) atoms. The second-order valence-corrected chi connectivity index (χ2v) is 10.7. The van der Waals surface area contributed by atoms with Crippen LogP contribution in [0.25, 0.3) is 0 Å². The standard InChI is InChI=1S/C33H34N8O/c1-23-17-24(2)29(18-27(23)21-39-13-15-40(16-14-39)30-10-6-4-8-26(30)20-35)33(42)41-12-11-37-31(22-41)38-32(36)28-9-5-3-7-25(28)19-34/h3-10,17-18H,11-16,21-22H2,1-2H3,(H2,36,37,38). The van der Waals surface area contributed by atoms with E-state index in [1.54, 1.807) is 29.2 Å². The Morgan fingerprint density at radius 1 is 0.905 bits per heavy atom. The van der Waals surface area contributed by atoms with Crippen molar-refractivity contribution in [3.05, 3.63) is 99.6 Å². The lowest BCUT2D eigenvalue weighted by atomic mass is 9.98. The molecule has 0 atom stereocenters. The number of benzene rings is 3. The van der Waals surface area contributed by atoms with E-state index in [1.165, 1.54) is 0 Å². The molecule has 2 heterocycles. The van der Waals surface area contributed by atoms with Crippen LogP contribution in [0.2, 0.25) is 0 Å². The molecule has 2 fully saturated rings. The Bertz CT molecular complexity index is 1620. The number of hydrogen-bond donors (Lipinski definition) is 2. The lowest BCUT2D eigenvalue weighted by Gasteiger charge is -2.36. The first-order valence-electron chi connectivity index (χ1n) is 14.1. The van der Waals surface area contributed by atoms with Crippen molar-refractivity contribution in [1.82, 2.24) is 15.1 Å². The number of piperazine rings is 2. The maximum atomic E-state index is 13.7. The first-order valence-corrected chi connectivity index (χ1v) is 14.1. The number of amides is 1. The first-order chi connectivity index (χ1) is 20.4. The van der Waals surface area contributed by atoms with Gasteiger partial charge in [-0.3, -0.25) is 15.1 Å². The van der Waals surface area contributed by atoms with Crippen LogP contribution in [0.4, 0.5) is 5.69 Å². The number of nitrogens with zero attached hydrogens (tertiary/aromatic N) is 6. The van der Waals surface area contributed by atoms with Gasteiger partial charge in [0.25, 0.3) is 5.91 Å². The summed E-state index contributed by atoms with van der Waals surface area (Å²) in [5.74, 6) is 0.479. The number of aliphatic imine (C=N–C) groups is 1.